The zero-order chi connectivity index (χ0) is 39.3. The molecular formula is C60H40. The van der Waals surface area contributed by atoms with Crippen molar-refractivity contribution in [3.8, 4) is 44.5 Å². The molecule has 0 saturated heterocycles. The van der Waals surface area contributed by atoms with E-state index in [4.69, 9.17) is 0 Å². The summed E-state index contributed by atoms with van der Waals surface area (Å²) in [5, 5.41) is 0. The van der Waals surface area contributed by atoms with Crippen molar-refractivity contribution in [1.82, 2.24) is 0 Å². The molecule has 8 aromatic carbocycles. The van der Waals surface area contributed by atoms with Crippen molar-refractivity contribution >= 4 is 24.3 Å². The first-order valence-electron chi connectivity index (χ1n) is 21.4. The Hall–Kier alpha value is -7.28. The van der Waals surface area contributed by atoms with Gasteiger partial charge in [0.15, 0.2) is 0 Å². The predicted molar refractivity (Wildman–Crippen MR) is 250 cm³/mol. The molecule has 0 N–H and O–H groups in total. The zero-order valence-corrected chi connectivity index (χ0v) is 33.1. The van der Waals surface area contributed by atoms with Crippen LogP contribution < -0.4 is 0 Å². The van der Waals surface area contributed by atoms with E-state index < -0.39 is 0 Å². The molecule has 280 valence electrons. The second-order valence-corrected chi connectivity index (χ2v) is 17.0. The number of hydrogen-bond acceptors (Lipinski definition) is 0. The SMILES string of the molecule is C1=C2C3=Cc4ccccc4-c4ccccc4C3C3C(=Cc4ccccc4-c4ccccc43)C3=Cc4ccccc4-c4ccccc4C3C2c2ccccc2-c2ccccc21. The van der Waals surface area contributed by atoms with Crippen LogP contribution in [0.15, 0.2) is 216 Å². The summed E-state index contributed by atoms with van der Waals surface area (Å²) in [7, 11) is 0. The molecule has 0 heterocycles. The lowest BCUT2D eigenvalue weighted by atomic mass is 9.59. The fraction of sp³-hybridized carbons (Fsp3) is 0.0667. The molecule has 0 aromatic heterocycles. The molecule has 1 fully saturated rings. The monoisotopic (exact) mass is 760 g/mol. The summed E-state index contributed by atoms with van der Waals surface area (Å²) in [6.07, 6.45) is 10.4. The van der Waals surface area contributed by atoms with E-state index in [0.717, 1.165) is 0 Å². The standard InChI is InChI=1S/C60H40/c1-5-21-41-37(17-1)33-53-54-34-38-18-2-6-22-42(38)46-26-10-14-30-50(46)58(54)60-52-32-16-12-28-48(52)44-24-8-4-20-40(44)36-56(60)55-35-39-19-3-7-23-43(39)47-27-11-15-31-51(47)59(55)57(53)49-29-13-9-25-45(41)49/h1-36,57-60H. The van der Waals surface area contributed by atoms with Gasteiger partial charge in [0, 0.05) is 23.7 Å². The highest BCUT2D eigenvalue weighted by Crippen LogP contribution is 2.65. The van der Waals surface area contributed by atoms with Gasteiger partial charge in [-0.1, -0.05) is 218 Å². The van der Waals surface area contributed by atoms with Gasteiger partial charge in [0.1, 0.15) is 0 Å². The van der Waals surface area contributed by atoms with Crippen LogP contribution in [0.1, 0.15) is 68.2 Å². The van der Waals surface area contributed by atoms with Gasteiger partial charge in [-0.15, -0.1) is 0 Å². The Kier molecular flexibility index (Phi) is 7.36. The molecule has 5 aliphatic carbocycles. The molecule has 4 atom stereocenters. The number of allylic oxidation sites excluding steroid dienone is 4. The first-order chi connectivity index (χ1) is 29.8. The van der Waals surface area contributed by atoms with E-state index in [9.17, 15) is 0 Å². The quantitative estimate of drug-likeness (QED) is 0.135. The maximum absolute atomic E-state index is 2.60. The maximum atomic E-state index is 2.60. The Morgan fingerprint density at radius 1 is 0.183 bits per heavy atom. The van der Waals surface area contributed by atoms with Gasteiger partial charge < -0.3 is 0 Å². The minimum absolute atomic E-state index is 0.00271. The average Bonchev–Trinajstić information content (AvgIpc) is 3.68. The molecule has 0 radical (unpaired) electrons. The summed E-state index contributed by atoms with van der Waals surface area (Å²) in [6.45, 7) is 0. The van der Waals surface area contributed by atoms with Gasteiger partial charge in [0.05, 0.1) is 0 Å². The van der Waals surface area contributed by atoms with Gasteiger partial charge in [0.25, 0.3) is 0 Å². The van der Waals surface area contributed by atoms with Crippen molar-refractivity contribution in [3.63, 3.8) is 0 Å². The van der Waals surface area contributed by atoms with E-state index in [1.54, 1.807) is 0 Å². The van der Waals surface area contributed by atoms with Crippen LogP contribution in [0.3, 0.4) is 0 Å². The third-order valence-electron chi connectivity index (χ3n) is 14.1. The van der Waals surface area contributed by atoms with E-state index in [1.165, 1.54) is 111 Å². The van der Waals surface area contributed by atoms with Crippen molar-refractivity contribution in [1.29, 1.82) is 0 Å². The topological polar surface area (TPSA) is 0 Å². The lowest BCUT2D eigenvalue weighted by Crippen LogP contribution is -2.28. The highest BCUT2D eigenvalue weighted by molar-refractivity contribution is 5.94. The third-order valence-corrected chi connectivity index (χ3v) is 14.1. The molecule has 0 nitrogen and oxygen atoms in total. The lowest BCUT2D eigenvalue weighted by molar-refractivity contribution is 0.600. The molecule has 0 heteroatoms. The van der Waals surface area contributed by atoms with Crippen LogP contribution >= 0.6 is 0 Å². The minimum atomic E-state index is -0.00271. The Bertz CT molecular complexity index is 2800. The van der Waals surface area contributed by atoms with Crippen molar-refractivity contribution in [2.75, 3.05) is 0 Å². The smallest absolute Gasteiger partial charge is 0.0208 e. The Morgan fingerprint density at radius 3 is 0.600 bits per heavy atom. The molecule has 5 aliphatic rings. The summed E-state index contributed by atoms with van der Waals surface area (Å²) in [5.74, 6) is -0.0108. The molecule has 0 aliphatic heterocycles. The molecule has 0 spiro atoms. The van der Waals surface area contributed by atoms with Crippen LogP contribution in [0.4, 0.5) is 0 Å². The molecule has 8 aromatic rings. The van der Waals surface area contributed by atoms with Crippen molar-refractivity contribution < 1.29 is 0 Å². The molecule has 0 bridgehead atoms. The van der Waals surface area contributed by atoms with Gasteiger partial charge in [-0.2, -0.15) is 0 Å². The Balaban J connectivity index is 1.27. The molecule has 13 rings (SSSR count). The number of benzene rings is 8. The fourth-order valence-electron chi connectivity index (χ4n) is 11.7. The van der Waals surface area contributed by atoms with Gasteiger partial charge >= 0.3 is 0 Å². The van der Waals surface area contributed by atoms with E-state index in [0.29, 0.717) is 0 Å². The normalized spacial score (nSPS) is 19.7. The highest BCUT2D eigenvalue weighted by Gasteiger charge is 2.48. The Morgan fingerprint density at radius 2 is 0.367 bits per heavy atom. The van der Waals surface area contributed by atoms with Crippen LogP contribution in [0.2, 0.25) is 0 Å². The van der Waals surface area contributed by atoms with Crippen molar-refractivity contribution in [2.24, 2.45) is 0 Å². The maximum Gasteiger partial charge on any atom is 0.0208 e. The van der Waals surface area contributed by atoms with E-state index in [-0.39, 0.29) is 23.7 Å². The van der Waals surface area contributed by atoms with Crippen molar-refractivity contribution in [3.05, 3.63) is 261 Å². The number of fused-ring (bicyclic) bond motifs is 24. The second-order valence-electron chi connectivity index (χ2n) is 17.0. The zero-order valence-electron chi connectivity index (χ0n) is 33.1. The largest absolute Gasteiger partial charge is 0.0619 e. The fourth-order valence-corrected chi connectivity index (χ4v) is 11.7. The van der Waals surface area contributed by atoms with E-state index in [1.807, 2.05) is 0 Å². The van der Waals surface area contributed by atoms with Crippen LogP contribution in [0, 0.1) is 0 Å². The van der Waals surface area contributed by atoms with Gasteiger partial charge in [-0.05, 0) is 111 Å². The average molecular weight is 761 g/mol. The molecule has 0 amide bonds. The van der Waals surface area contributed by atoms with Crippen molar-refractivity contribution in [2.45, 2.75) is 23.7 Å². The highest BCUT2D eigenvalue weighted by atomic mass is 14.5. The third kappa shape index (κ3) is 4.85. The molecular weight excluding hydrogens is 721 g/mol. The van der Waals surface area contributed by atoms with Gasteiger partial charge in [0.2, 0.25) is 0 Å². The number of hydrogen-bond donors (Lipinski definition) is 0. The van der Waals surface area contributed by atoms with Crippen LogP contribution in [0.5, 0.6) is 0 Å². The predicted octanol–water partition coefficient (Wildman–Crippen LogP) is 15.4. The van der Waals surface area contributed by atoms with Gasteiger partial charge in [-0.25, -0.2) is 0 Å². The number of rotatable bonds is 0. The summed E-state index contributed by atoms with van der Waals surface area (Å²) in [6, 6.07) is 73.6. The molecule has 4 unspecified atom stereocenters. The minimum Gasteiger partial charge on any atom is -0.0619 e. The first-order valence-corrected chi connectivity index (χ1v) is 21.4. The summed E-state index contributed by atoms with van der Waals surface area (Å²) in [5.41, 5.74) is 26.7. The summed E-state index contributed by atoms with van der Waals surface area (Å²) >= 11 is 0. The van der Waals surface area contributed by atoms with Crippen LogP contribution in [0.25, 0.3) is 68.8 Å². The Labute approximate surface area is 351 Å². The van der Waals surface area contributed by atoms with Gasteiger partial charge in [-0.3, -0.25) is 0 Å². The second kappa shape index (κ2) is 13.1. The molecule has 1 saturated carbocycles. The summed E-state index contributed by atoms with van der Waals surface area (Å²) in [4.78, 5) is 0. The first kappa shape index (κ1) is 33.7. The van der Waals surface area contributed by atoms with E-state index in [2.05, 4.69) is 218 Å². The van der Waals surface area contributed by atoms with Crippen LogP contribution in [-0.2, 0) is 0 Å². The van der Waals surface area contributed by atoms with Crippen LogP contribution in [-0.4, -0.2) is 0 Å². The summed E-state index contributed by atoms with van der Waals surface area (Å²) < 4.78 is 0. The lowest BCUT2D eigenvalue weighted by Gasteiger charge is -2.44. The van der Waals surface area contributed by atoms with E-state index >= 15 is 0 Å². The molecule has 60 heavy (non-hydrogen) atoms.